The summed E-state index contributed by atoms with van der Waals surface area (Å²) >= 11 is 5.90. The van der Waals surface area contributed by atoms with Crippen molar-refractivity contribution in [3.05, 3.63) is 35.2 Å². The molecule has 1 amide bonds. The number of hydrogen-bond donors (Lipinski definition) is 2. The average molecular weight is 471 g/mol. The van der Waals surface area contributed by atoms with E-state index in [0.717, 1.165) is 60.4 Å². The molecule has 0 unspecified atom stereocenters. The molecule has 2 aromatic heterocycles. The Bertz CT molecular complexity index is 966. The molecule has 0 bridgehead atoms. The normalized spacial score (nSPS) is 21.1. The van der Waals surface area contributed by atoms with Crippen molar-refractivity contribution in [3.63, 3.8) is 0 Å². The molecule has 0 radical (unpaired) electrons. The van der Waals surface area contributed by atoms with Crippen LogP contribution in [-0.4, -0.2) is 40.5 Å². The highest BCUT2D eigenvalue weighted by molar-refractivity contribution is 6.30. The number of amides is 1. The fourth-order valence-electron chi connectivity index (χ4n) is 4.70. The number of halogens is 1. The molecular formula is C25H35ClN6O. The van der Waals surface area contributed by atoms with Crippen molar-refractivity contribution < 1.29 is 4.79 Å². The van der Waals surface area contributed by atoms with Crippen LogP contribution >= 0.6 is 11.6 Å². The lowest BCUT2D eigenvalue weighted by atomic mass is 9.90. The van der Waals surface area contributed by atoms with Crippen molar-refractivity contribution in [2.24, 2.45) is 23.2 Å². The number of aromatic nitrogens is 3. The minimum Gasteiger partial charge on any atom is -0.370 e. The Labute approximate surface area is 201 Å². The summed E-state index contributed by atoms with van der Waals surface area (Å²) in [6.07, 6.45) is 10.0. The van der Waals surface area contributed by atoms with Crippen LogP contribution in [0.1, 0.15) is 52.0 Å². The van der Waals surface area contributed by atoms with Gasteiger partial charge in [-0.2, -0.15) is 0 Å². The molecule has 4 rings (SSSR count). The van der Waals surface area contributed by atoms with E-state index >= 15 is 0 Å². The minimum absolute atomic E-state index is 0.00397. The first-order valence-electron chi connectivity index (χ1n) is 11.9. The van der Waals surface area contributed by atoms with Gasteiger partial charge in [-0.15, -0.1) is 0 Å². The molecule has 0 aromatic carbocycles. The number of piperidine rings is 1. The van der Waals surface area contributed by atoms with E-state index in [1.54, 1.807) is 18.6 Å². The Balaban J connectivity index is 1.18. The number of carbonyl (C=O) groups excluding carboxylic acids is 1. The molecule has 7 nitrogen and oxygen atoms in total. The Kier molecular flexibility index (Phi) is 7.07. The van der Waals surface area contributed by atoms with Gasteiger partial charge in [-0.05, 0) is 62.0 Å². The van der Waals surface area contributed by atoms with Crippen LogP contribution in [0.3, 0.4) is 0 Å². The van der Waals surface area contributed by atoms with Crippen LogP contribution < -0.4 is 15.5 Å². The third-order valence-electron chi connectivity index (χ3n) is 6.84. The van der Waals surface area contributed by atoms with Crippen LogP contribution in [0, 0.1) is 30.1 Å². The van der Waals surface area contributed by atoms with Gasteiger partial charge < -0.3 is 15.5 Å². The third kappa shape index (κ3) is 6.14. The van der Waals surface area contributed by atoms with Crippen molar-refractivity contribution in [2.75, 3.05) is 35.2 Å². The van der Waals surface area contributed by atoms with Gasteiger partial charge in [0.05, 0.1) is 29.3 Å². The topological polar surface area (TPSA) is 83.0 Å². The molecule has 2 atom stereocenters. The van der Waals surface area contributed by atoms with Crippen molar-refractivity contribution in [1.29, 1.82) is 0 Å². The summed E-state index contributed by atoms with van der Waals surface area (Å²) in [4.78, 5) is 27.7. The van der Waals surface area contributed by atoms with Crippen LogP contribution in [-0.2, 0) is 4.79 Å². The monoisotopic (exact) mass is 470 g/mol. The van der Waals surface area contributed by atoms with Gasteiger partial charge in [-0.25, -0.2) is 15.0 Å². The highest BCUT2D eigenvalue weighted by Gasteiger charge is 2.43. The molecule has 3 heterocycles. The van der Waals surface area contributed by atoms with Crippen LogP contribution in [0.5, 0.6) is 0 Å². The molecule has 1 aliphatic carbocycles. The highest BCUT2D eigenvalue weighted by Crippen LogP contribution is 2.49. The zero-order valence-corrected chi connectivity index (χ0v) is 20.8. The highest BCUT2D eigenvalue weighted by atomic mass is 35.5. The SMILES string of the molecule is Cc1cc(NC(=O)C(C)(C)C)cnc1NCC[C@@H]1C[C@@H]1C1CCN(c2ncc(Cl)cn2)CC1. The van der Waals surface area contributed by atoms with Gasteiger partial charge >= 0.3 is 0 Å². The number of rotatable bonds is 7. The Morgan fingerprint density at radius 1 is 1.15 bits per heavy atom. The summed E-state index contributed by atoms with van der Waals surface area (Å²) in [5.74, 6) is 4.16. The summed E-state index contributed by atoms with van der Waals surface area (Å²) in [6.45, 7) is 10.7. The number of carbonyl (C=O) groups is 1. The summed E-state index contributed by atoms with van der Waals surface area (Å²) < 4.78 is 0. The van der Waals surface area contributed by atoms with Gasteiger partial charge in [-0.3, -0.25) is 4.79 Å². The lowest BCUT2D eigenvalue weighted by molar-refractivity contribution is -0.123. The third-order valence-corrected chi connectivity index (χ3v) is 7.03. The molecule has 178 valence electrons. The predicted octanol–water partition coefficient (Wildman–Crippen LogP) is 5.17. The number of hydrogen-bond acceptors (Lipinski definition) is 6. The van der Waals surface area contributed by atoms with Crippen molar-refractivity contribution >= 4 is 35.0 Å². The first-order valence-corrected chi connectivity index (χ1v) is 12.3. The number of pyridine rings is 1. The second-order valence-electron chi connectivity index (χ2n) is 10.5. The van der Waals surface area contributed by atoms with Crippen molar-refractivity contribution in [1.82, 2.24) is 15.0 Å². The fraction of sp³-hybridized carbons (Fsp3) is 0.600. The van der Waals surface area contributed by atoms with Gasteiger partial charge in [0.15, 0.2) is 0 Å². The lowest BCUT2D eigenvalue weighted by Crippen LogP contribution is -2.35. The van der Waals surface area contributed by atoms with E-state index in [4.69, 9.17) is 11.6 Å². The maximum Gasteiger partial charge on any atom is 0.229 e. The molecule has 33 heavy (non-hydrogen) atoms. The Morgan fingerprint density at radius 2 is 1.85 bits per heavy atom. The van der Waals surface area contributed by atoms with E-state index in [0.29, 0.717) is 5.02 Å². The average Bonchev–Trinajstić information content (AvgIpc) is 3.55. The summed E-state index contributed by atoms with van der Waals surface area (Å²) in [5.41, 5.74) is 1.37. The van der Waals surface area contributed by atoms with Gasteiger partial charge in [0.2, 0.25) is 11.9 Å². The minimum atomic E-state index is -0.425. The number of nitrogens with zero attached hydrogens (tertiary/aromatic N) is 4. The zero-order chi connectivity index (χ0) is 23.6. The number of aryl methyl sites for hydroxylation is 1. The first kappa shape index (κ1) is 23.7. The predicted molar refractivity (Wildman–Crippen MR) is 134 cm³/mol. The molecule has 2 fully saturated rings. The quantitative estimate of drug-likeness (QED) is 0.580. The van der Waals surface area contributed by atoms with Gasteiger partial charge in [0.25, 0.3) is 0 Å². The molecule has 1 aliphatic heterocycles. The first-order chi connectivity index (χ1) is 15.7. The number of anilines is 3. The molecule has 2 aliphatic rings. The van der Waals surface area contributed by atoms with Gasteiger partial charge in [0, 0.05) is 25.0 Å². The molecule has 8 heteroatoms. The fourth-order valence-corrected chi connectivity index (χ4v) is 4.80. The van der Waals surface area contributed by atoms with Crippen molar-refractivity contribution in [3.8, 4) is 0 Å². The van der Waals surface area contributed by atoms with E-state index in [1.165, 1.54) is 25.7 Å². The summed E-state index contributed by atoms with van der Waals surface area (Å²) in [7, 11) is 0. The smallest absolute Gasteiger partial charge is 0.229 e. The van der Waals surface area contributed by atoms with Crippen LogP contribution in [0.2, 0.25) is 5.02 Å². The van der Waals surface area contributed by atoms with E-state index in [2.05, 4.69) is 30.5 Å². The standard InChI is InChI=1S/C25H35ClN6O/c1-16-11-20(31-23(33)25(2,3)4)15-28-22(16)27-8-5-18-12-21(18)17-6-9-32(10-7-17)24-29-13-19(26)14-30-24/h11,13-15,17-18,21H,5-10,12H2,1-4H3,(H,27,28)(H,31,33)/t18-,21-/m1/s1. The molecule has 1 saturated heterocycles. The zero-order valence-electron chi connectivity index (χ0n) is 20.1. The van der Waals surface area contributed by atoms with Gasteiger partial charge in [0.1, 0.15) is 5.82 Å². The van der Waals surface area contributed by atoms with Crippen LogP contribution in [0.25, 0.3) is 0 Å². The molecule has 2 N–H and O–H groups in total. The molecule has 1 saturated carbocycles. The van der Waals surface area contributed by atoms with Crippen LogP contribution in [0.4, 0.5) is 17.5 Å². The van der Waals surface area contributed by atoms with E-state index < -0.39 is 5.41 Å². The van der Waals surface area contributed by atoms with E-state index in [-0.39, 0.29) is 5.91 Å². The van der Waals surface area contributed by atoms with E-state index in [9.17, 15) is 4.79 Å². The van der Waals surface area contributed by atoms with Gasteiger partial charge in [-0.1, -0.05) is 32.4 Å². The summed E-state index contributed by atoms with van der Waals surface area (Å²) in [5, 5.41) is 7.02. The second kappa shape index (κ2) is 9.84. The summed E-state index contributed by atoms with van der Waals surface area (Å²) in [6, 6.07) is 1.98. The maximum absolute atomic E-state index is 12.2. The van der Waals surface area contributed by atoms with Crippen LogP contribution in [0.15, 0.2) is 24.7 Å². The molecule has 2 aromatic rings. The largest absolute Gasteiger partial charge is 0.370 e. The maximum atomic E-state index is 12.2. The molecule has 0 spiro atoms. The Hall–Kier alpha value is -2.41. The Morgan fingerprint density at radius 3 is 2.48 bits per heavy atom. The second-order valence-corrected chi connectivity index (χ2v) is 10.9. The number of nitrogens with one attached hydrogen (secondary N) is 2. The molecular weight excluding hydrogens is 436 g/mol. The lowest BCUT2D eigenvalue weighted by Gasteiger charge is -2.32. The van der Waals surface area contributed by atoms with E-state index in [1.807, 2.05) is 33.8 Å². The van der Waals surface area contributed by atoms with Crippen molar-refractivity contribution in [2.45, 2.75) is 53.4 Å².